The molecule has 1 aromatic heterocycles. The molecule has 19 heavy (non-hydrogen) atoms. The second-order valence-electron chi connectivity index (χ2n) is 4.39. The molecule has 0 amide bonds. The number of nitriles is 1. The molecule has 0 bridgehead atoms. The smallest absolute Gasteiger partial charge is 0.120 e. The SMILES string of the molecule is Cc1cc(Br)c(NCc2cc(C#N)n(C)c2)cc1Cl. The summed E-state index contributed by atoms with van der Waals surface area (Å²) in [7, 11) is 1.86. The van der Waals surface area contributed by atoms with Gasteiger partial charge in [0.2, 0.25) is 0 Å². The highest BCUT2D eigenvalue weighted by atomic mass is 79.9. The standard InChI is InChI=1S/C14H13BrClN3/c1-9-3-12(15)14(5-13(9)16)18-7-10-4-11(6-17)19(2)8-10/h3-5,8,18H,7H2,1-2H3. The highest BCUT2D eigenvalue weighted by Crippen LogP contribution is 2.29. The average Bonchev–Trinajstić information content (AvgIpc) is 2.73. The van der Waals surface area contributed by atoms with Gasteiger partial charge in [-0.15, -0.1) is 0 Å². The first-order chi connectivity index (χ1) is 9.01. The Bertz CT molecular complexity index is 655. The maximum atomic E-state index is 8.91. The zero-order valence-electron chi connectivity index (χ0n) is 10.7. The normalized spacial score (nSPS) is 10.3. The third-order valence-electron chi connectivity index (χ3n) is 2.91. The number of benzene rings is 1. The lowest BCUT2D eigenvalue weighted by Gasteiger charge is -2.09. The molecule has 0 radical (unpaired) electrons. The predicted octanol–water partition coefficient (Wildman–Crippen LogP) is 4.23. The van der Waals surface area contributed by atoms with E-state index >= 15 is 0 Å². The van der Waals surface area contributed by atoms with Gasteiger partial charge in [-0.1, -0.05) is 11.6 Å². The summed E-state index contributed by atoms with van der Waals surface area (Å²) in [4.78, 5) is 0. The lowest BCUT2D eigenvalue weighted by atomic mass is 10.2. The van der Waals surface area contributed by atoms with E-state index in [4.69, 9.17) is 16.9 Å². The molecule has 0 aliphatic rings. The lowest BCUT2D eigenvalue weighted by Crippen LogP contribution is -1.99. The van der Waals surface area contributed by atoms with E-state index in [1.807, 2.05) is 42.9 Å². The van der Waals surface area contributed by atoms with Crippen LogP contribution >= 0.6 is 27.5 Å². The minimum absolute atomic E-state index is 0.646. The van der Waals surface area contributed by atoms with Crippen molar-refractivity contribution in [3.63, 3.8) is 0 Å². The summed E-state index contributed by atoms with van der Waals surface area (Å²) in [6.45, 7) is 2.61. The fourth-order valence-electron chi connectivity index (χ4n) is 1.82. The first-order valence-corrected chi connectivity index (χ1v) is 6.93. The monoisotopic (exact) mass is 337 g/mol. The minimum Gasteiger partial charge on any atom is -0.380 e. The van der Waals surface area contributed by atoms with Crippen LogP contribution < -0.4 is 5.32 Å². The topological polar surface area (TPSA) is 40.8 Å². The Morgan fingerprint density at radius 2 is 2.16 bits per heavy atom. The van der Waals surface area contributed by atoms with Gasteiger partial charge in [-0.25, -0.2) is 0 Å². The van der Waals surface area contributed by atoms with Gasteiger partial charge in [0, 0.05) is 29.3 Å². The van der Waals surface area contributed by atoms with Crippen LogP contribution in [0, 0.1) is 18.3 Å². The van der Waals surface area contributed by atoms with Gasteiger partial charge >= 0.3 is 0 Å². The van der Waals surface area contributed by atoms with Crippen LogP contribution in [0.4, 0.5) is 5.69 Å². The first-order valence-electron chi connectivity index (χ1n) is 5.76. The number of halogens is 2. The molecule has 2 rings (SSSR count). The van der Waals surface area contributed by atoms with Gasteiger partial charge in [0.15, 0.2) is 0 Å². The second-order valence-corrected chi connectivity index (χ2v) is 5.65. The third-order valence-corrected chi connectivity index (χ3v) is 3.97. The zero-order chi connectivity index (χ0) is 14.0. The molecule has 0 unspecified atom stereocenters. The summed E-state index contributed by atoms with van der Waals surface area (Å²) in [5.74, 6) is 0. The number of hydrogen-bond donors (Lipinski definition) is 1. The van der Waals surface area contributed by atoms with Gasteiger partial charge in [-0.05, 0) is 52.2 Å². The molecular formula is C14H13BrClN3. The highest BCUT2D eigenvalue weighted by molar-refractivity contribution is 9.10. The van der Waals surface area contributed by atoms with E-state index in [-0.39, 0.29) is 0 Å². The Labute approximate surface area is 125 Å². The summed E-state index contributed by atoms with van der Waals surface area (Å²) >= 11 is 9.62. The number of aryl methyl sites for hydroxylation is 2. The summed E-state index contributed by atoms with van der Waals surface area (Å²) in [5.41, 5.74) is 3.68. The fraction of sp³-hybridized carbons (Fsp3) is 0.214. The van der Waals surface area contributed by atoms with Gasteiger partial charge in [-0.3, -0.25) is 0 Å². The summed E-state index contributed by atoms with van der Waals surface area (Å²) in [6, 6.07) is 7.90. The summed E-state index contributed by atoms with van der Waals surface area (Å²) in [6.07, 6.45) is 1.94. The molecule has 5 heteroatoms. The lowest BCUT2D eigenvalue weighted by molar-refractivity contribution is 0.902. The van der Waals surface area contributed by atoms with Gasteiger partial charge in [0.1, 0.15) is 11.8 Å². The second kappa shape index (κ2) is 5.68. The van der Waals surface area contributed by atoms with E-state index in [2.05, 4.69) is 27.3 Å². The Morgan fingerprint density at radius 3 is 2.79 bits per heavy atom. The van der Waals surface area contributed by atoms with Crippen molar-refractivity contribution >= 4 is 33.2 Å². The molecule has 0 aliphatic carbocycles. The van der Waals surface area contributed by atoms with Gasteiger partial charge in [-0.2, -0.15) is 5.26 Å². The van der Waals surface area contributed by atoms with Gasteiger partial charge < -0.3 is 9.88 Å². The predicted molar refractivity (Wildman–Crippen MR) is 81.3 cm³/mol. The Morgan fingerprint density at radius 1 is 1.42 bits per heavy atom. The van der Waals surface area contributed by atoms with Crippen molar-refractivity contribution < 1.29 is 0 Å². The van der Waals surface area contributed by atoms with Crippen LogP contribution in [-0.4, -0.2) is 4.57 Å². The Hall–Kier alpha value is -1.44. The number of hydrogen-bond acceptors (Lipinski definition) is 2. The molecule has 1 aromatic carbocycles. The van der Waals surface area contributed by atoms with E-state index in [0.29, 0.717) is 12.2 Å². The third kappa shape index (κ3) is 3.12. The molecule has 0 atom stereocenters. The molecule has 0 saturated carbocycles. The number of nitrogens with one attached hydrogen (secondary N) is 1. The molecule has 98 valence electrons. The van der Waals surface area contributed by atoms with Crippen LogP contribution in [0.25, 0.3) is 0 Å². The maximum Gasteiger partial charge on any atom is 0.120 e. The summed E-state index contributed by atoms with van der Waals surface area (Å²) in [5, 5.41) is 13.0. The van der Waals surface area contributed by atoms with Crippen molar-refractivity contribution in [3.05, 3.63) is 50.7 Å². The van der Waals surface area contributed by atoms with Crippen molar-refractivity contribution in [3.8, 4) is 6.07 Å². The molecular weight excluding hydrogens is 326 g/mol. The number of rotatable bonds is 3. The maximum absolute atomic E-state index is 8.91. The van der Waals surface area contributed by atoms with Crippen molar-refractivity contribution in [2.75, 3.05) is 5.32 Å². The van der Waals surface area contributed by atoms with E-state index in [1.165, 1.54) is 0 Å². The molecule has 0 saturated heterocycles. The number of aromatic nitrogens is 1. The van der Waals surface area contributed by atoms with Gasteiger partial charge in [0.25, 0.3) is 0 Å². The fourth-order valence-corrected chi connectivity index (χ4v) is 2.58. The van der Waals surface area contributed by atoms with Crippen LogP contribution in [0.5, 0.6) is 0 Å². The molecule has 0 aliphatic heterocycles. The molecule has 1 heterocycles. The van der Waals surface area contributed by atoms with Crippen molar-refractivity contribution in [2.45, 2.75) is 13.5 Å². The quantitative estimate of drug-likeness (QED) is 0.909. The number of nitrogens with zero attached hydrogens (tertiary/aromatic N) is 2. The Balaban J connectivity index is 2.14. The molecule has 1 N–H and O–H groups in total. The average molecular weight is 339 g/mol. The van der Waals surface area contributed by atoms with Crippen LogP contribution in [0.1, 0.15) is 16.8 Å². The molecule has 0 spiro atoms. The highest BCUT2D eigenvalue weighted by Gasteiger charge is 2.06. The summed E-state index contributed by atoms with van der Waals surface area (Å²) < 4.78 is 2.79. The first kappa shape index (κ1) is 14.0. The van der Waals surface area contributed by atoms with Crippen LogP contribution in [0.2, 0.25) is 5.02 Å². The number of anilines is 1. The van der Waals surface area contributed by atoms with E-state index in [1.54, 1.807) is 0 Å². The van der Waals surface area contributed by atoms with Crippen LogP contribution in [-0.2, 0) is 13.6 Å². The Kier molecular flexibility index (Phi) is 4.18. The van der Waals surface area contributed by atoms with Crippen LogP contribution in [0.3, 0.4) is 0 Å². The van der Waals surface area contributed by atoms with Crippen molar-refractivity contribution in [1.29, 1.82) is 5.26 Å². The largest absolute Gasteiger partial charge is 0.380 e. The zero-order valence-corrected chi connectivity index (χ0v) is 13.0. The molecule has 0 fully saturated rings. The van der Waals surface area contributed by atoms with E-state index < -0.39 is 0 Å². The van der Waals surface area contributed by atoms with E-state index in [0.717, 1.165) is 26.3 Å². The van der Waals surface area contributed by atoms with Crippen LogP contribution in [0.15, 0.2) is 28.9 Å². The van der Waals surface area contributed by atoms with Crippen molar-refractivity contribution in [1.82, 2.24) is 4.57 Å². The molecule has 3 nitrogen and oxygen atoms in total. The van der Waals surface area contributed by atoms with E-state index in [9.17, 15) is 0 Å². The van der Waals surface area contributed by atoms with Gasteiger partial charge in [0.05, 0.1) is 5.69 Å². The van der Waals surface area contributed by atoms with Crippen molar-refractivity contribution in [2.24, 2.45) is 7.05 Å². The minimum atomic E-state index is 0.646. The molecule has 2 aromatic rings.